The summed E-state index contributed by atoms with van der Waals surface area (Å²) in [6.45, 7) is 15.2. The molecule has 0 aromatic heterocycles. The molecular weight excluding hydrogens is 448 g/mol. The van der Waals surface area contributed by atoms with Crippen LogP contribution < -0.4 is 0 Å². The zero-order valence-corrected chi connectivity index (χ0v) is 23.3. The second-order valence-corrected chi connectivity index (χ2v) is 15.4. The minimum absolute atomic E-state index is 0.0708. The monoisotopic (exact) mass is 492 g/mol. The fourth-order valence-corrected chi connectivity index (χ4v) is 11.0. The molecular formula is C31H44N2O3. The van der Waals surface area contributed by atoms with Crippen molar-refractivity contribution in [3.63, 3.8) is 0 Å². The minimum atomic E-state index is -1.07. The van der Waals surface area contributed by atoms with E-state index in [9.17, 15) is 25.2 Å². The van der Waals surface area contributed by atoms with Crippen LogP contribution in [0.3, 0.4) is 0 Å². The third kappa shape index (κ3) is 2.85. The molecule has 5 nitrogen and oxygen atoms in total. The molecule has 5 fully saturated rings. The summed E-state index contributed by atoms with van der Waals surface area (Å²) in [5, 5.41) is 32.0. The topological polar surface area (TPSA) is 102 Å². The molecule has 1 N–H and O–H groups in total. The Bertz CT molecular complexity index is 1100. The molecule has 0 radical (unpaired) electrons. The summed E-state index contributed by atoms with van der Waals surface area (Å²) in [5.74, 6) is -1.20. The van der Waals surface area contributed by atoms with Crippen molar-refractivity contribution in [3.05, 3.63) is 0 Å². The Morgan fingerprint density at radius 2 is 1.50 bits per heavy atom. The van der Waals surface area contributed by atoms with Gasteiger partial charge in [-0.2, -0.15) is 10.5 Å². The van der Waals surface area contributed by atoms with Crippen LogP contribution in [0.15, 0.2) is 0 Å². The van der Waals surface area contributed by atoms with E-state index in [0.717, 1.165) is 44.9 Å². The predicted molar refractivity (Wildman–Crippen MR) is 136 cm³/mol. The van der Waals surface area contributed by atoms with Gasteiger partial charge < -0.3 is 5.11 Å². The molecule has 0 amide bonds. The van der Waals surface area contributed by atoms with Gasteiger partial charge in [0.2, 0.25) is 0 Å². The minimum Gasteiger partial charge on any atom is -0.391 e. The van der Waals surface area contributed by atoms with Gasteiger partial charge in [-0.25, -0.2) is 0 Å². The van der Waals surface area contributed by atoms with Crippen LogP contribution in [0.1, 0.15) is 99.8 Å². The number of rotatable bonds is 0. The Balaban J connectivity index is 1.64. The molecule has 0 aromatic carbocycles. The number of carbonyl (C=O) groups is 2. The number of ketones is 2. The van der Waals surface area contributed by atoms with Crippen molar-refractivity contribution in [2.24, 2.45) is 62.1 Å². The molecule has 10 atom stereocenters. The van der Waals surface area contributed by atoms with E-state index < -0.39 is 28.3 Å². The maximum absolute atomic E-state index is 14.3. The van der Waals surface area contributed by atoms with Crippen LogP contribution in [0.4, 0.5) is 0 Å². The number of aliphatic hydroxyl groups is 1. The zero-order chi connectivity index (χ0) is 26.7. The summed E-state index contributed by atoms with van der Waals surface area (Å²) < 4.78 is 0. The van der Waals surface area contributed by atoms with Crippen LogP contribution in [0.25, 0.3) is 0 Å². The van der Waals surface area contributed by atoms with Gasteiger partial charge in [0.05, 0.1) is 23.7 Å². The number of Topliss-reactive ketones (excluding diaryl/α,β-unsaturated/α-hetero) is 2. The quantitative estimate of drug-likeness (QED) is 0.456. The highest BCUT2D eigenvalue weighted by Crippen LogP contribution is 2.76. The van der Waals surface area contributed by atoms with Crippen LogP contribution in [0.2, 0.25) is 0 Å². The van der Waals surface area contributed by atoms with Crippen LogP contribution in [0, 0.1) is 84.7 Å². The number of aliphatic hydroxyl groups excluding tert-OH is 1. The molecule has 0 saturated heterocycles. The third-order valence-electron chi connectivity index (χ3n) is 13.3. The highest BCUT2D eigenvalue weighted by atomic mass is 16.3. The molecule has 5 saturated carbocycles. The lowest BCUT2D eigenvalue weighted by Gasteiger charge is -2.72. The number of carbonyl (C=O) groups excluding carboxylic acids is 2. The second-order valence-electron chi connectivity index (χ2n) is 15.4. The fraction of sp³-hybridized carbons (Fsp3) is 0.871. The van der Waals surface area contributed by atoms with Gasteiger partial charge in [0.25, 0.3) is 0 Å². The lowest BCUT2D eigenvalue weighted by atomic mass is 9.30. The second kappa shape index (κ2) is 7.44. The molecule has 36 heavy (non-hydrogen) atoms. The van der Waals surface area contributed by atoms with Crippen molar-refractivity contribution in [1.29, 1.82) is 10.5 Å². The van der Waals surface area contributed by atoms with Gasteiger partial charge in [0.1, 0.15) is 11.7 Å². The zero-order valence-electron chi connectivity index (χ0n) is 23.3. The van der Waals surface area contributed by atoms with Crippen molar-refractivity contribution in [3.8, 4) is 12.1 Å². The average Bonchev–Trinajstić information content (AvgIpc) is 2.80. The van der Waals surface area contributed by atoms with Crippen LogP contribution in [-0.2, 0) is 9.59 Å². The van der Waals surface area contributed by atoms with E-state index in [1.165, 1.54) is 0 Å². The Hall–Kier alpha value is -1.72. The van der Waals surface area contributed by atoms with Gasteiger partial charge in [-0.15, -0.1) is 0 Å². The summed E-state index contributed by atoms with van der Waals surface area (Å²) in [7, 11) is 0. The van der Waals surface area contributed by atoms with Crippen LogP contribution in [0.5, 0.6) is 0 Å². The summed E-state index contributed by atoms with van der Waals surface area (Å²) in [6.07, 6.45) is 5.53. The number of fused-ring (bicyclic) bond motifs is 7. The maximum Gasteiger partial charge on any atom is 0.158 e. The predicted octanol–water partition coefficient (Wildman–Crippen LogP) is 5.86. The molecule has 196 valence electrons. The highest BCUT2D eigenvalue weighted by molar-refractivity contribution is 5.91. The average molecular weight is 493 g/mol. The lowest BCUT2D eigenvalue weighted by molar-refractivity contribution is -0.252. The van der Waals surface area contributed by atoms with Crippen molar-refractivity contribution in [2.45, 2.75) is 106 Å². The Morgan fingerprint density at radius 1 is 0.861 bits per heavy atom. The molecule has 0 heterocycles. The van der Waals surface area contributed by atoms with Gasteiger partial charge in [-0.05, 0) is 78.9 Å². The third-order valence-corrected chi connectivity index (χ3v) is 13.3. The van der Waals surface area contributed by atoms with Crippen LogP contribution >= 0.6 is 0 Å². The van der Waals surface area contributed by atoms with Gasteiger partial charge in [0.15, 0.2) is 5.78 Å². The first-order valence-electron chi connectivity index (χ1n) is 14.1. The molecule has 5 aliphatic carbocycles. The number of nitrogens with zero attached hydrogens (tertiary/aromatic N) is 2. The lowest BCUT2D eigenvalue weighted by Crippen LogP contribution is -2.72. The van der Waals surface area contributed by atoms with E-state index >= 15 is 0 Å². The van der Waals surface area contributed by atoms with E-state index in [0.29, 0.717) is 6.42 Å². The number of nitriles is 2. The summed E-state index contributed by atoms with van der Waals surface area (Å²) in [4.78, 5) is 27.6. The molecule has 5 rings (SSSR count). The van der Waals surface area contributed by atoms with E-state index in [1.807, 2.05) is 13.8 Å². The number of hydrogen-bond donors (Lipinski definition) is 1. The van der Waals surface area contributed by atoms with Crippen molar-refractivity contribution >= 4 is 11.6 Å². The first-order valence-corrected chi connectivity index (χ1v) is 14.1. The number of hydrogen-bond acceptors (Lipinski definition) is 5. The van der Waals surface area contributed by atoms with Crippen molar-refractivity contribution in [1.82, 2.24) is 0 Å². The Labute approximate surface area is 217 Å². The Morgan fingerprint density at radius 3 is 2.11 bits per heavy atom. The molecule has 0 spiro atoms. The maximum atomic E-state index is 14.3. The largest absolute Gasteiger partial charge is 0.391 e. The molecule has 0 aromatic rings. The standard InChI is InChI=1S/C31H44N2O3/c1-26(2)10-12-31(17-33)13-11-29(6)23(19(31)15-26)20(34)14-22-28(29,5)9-8-21-27(3,4)24(35)18(16-32)25(36)30(21,22)7/h18-19,21-23,25,36H,8-15H2,1-7H3. The fourth-order valence-electron chi connectivity index (χ4n) is 11.0. The van der Waals surface area contributed by atoms with Gasteiger partial charge in [0, 0.05) is 23.2 Å². The normalized spacial score (nSPS) is 53.1. The first kappa shape index (κ1) is 25.9. The molecule has 10 unspecified atom stereocenters. The van der Waals surface area contributed by atoms with Gasteiger partial charge in [-0.1, -0.05) is 48.5 Å². The smallest absolute Gasteiger partial charge is 0.158 e. The van der Waals surface area contributed by atoms with E-state index in [-0.39, 0.29) is 51.5 Å². The van der Waals surface area contributed by atoms with Gasteiger partial charge >= 0.3 is 0 Å². The summed E-state index contributed by atoms with van der Waals surface area (Å²) in [5.41, 5.74) is -2.18. The molecule has 0 bridgehead atoms. The van der Waals surface area contributed by atoms with Gasteiger partial charge in [-0.3, -0.25) is 9.59 Å². The summed E-state index contributed by atoms with van der Waals surface area (Å²) in [6, 6.07) is 4.88. The van der Waals surface area contributed by atoms with Crippen molar-refractivity contribution in [2.75, 3.05) is 0 Å². The SMILES string of the molecule is CC1(C)CCC2(C#N)CCC3(C)C(C(=O)CC4C5(C)C(O)C(C#N)C(=O)C(C)(C)C5CCC43C)C2C1. The molecule has 5 heteroatoms. The molecule has 0 aliphatic heterocycles. The van der Waals surface area contributed by atoms with E-state index in [2.05, 4.69) is 46.8 Å². The van der Waals surface area contributed by atoms with Crippen molar-refractivity contribution < 1.29 is 14.7 Å². The van der Waals surface area contributed by atoms with E-state index in [4.69, 9.17) is 0 Å². The first-order chi connectivity index (χ1) is 16.6. The molecule has 5 aliphatic rings. The Kier molecular flexibility index (Phi) is 5.35. The summed E-state index contributed by atoms with van der Waals surface area (Å²) >= 11 is 0. The highest BCUT2D eigenvalue weighted by Gasteiger charge is 2.74. The van der Waals surface area contributed by atoms with E-state index in [1.54, 1.807) is 0 Å². The van der Waals surface area contributed by atoms with Crippen LogP contribution in [-0.4, -0.2) is 22.8 Å².